The maximum absolute atomic E-state index is 11.3. The van der Waals surface area contributed by atoms with Crippen LogP contribution in [0.4, 0.5) is 0 Å². The van der Waals surface area contributed by atoms with Gasteiger partial charge in [0.1, 0.15) is 5.65 Å². The fourth-order valence-electron chi connectivity index (χ4n) is 1.76. The molecule has 5 nitrogen and oxygen atoms in total. The molecule has 0 aliphatic rings. The maximum atomic E-state index is 11.3. The molecule has 0 radical (unpaired) electrons. The standard InChI is InChI=1S/C12H17N3O2S/c1-3-18(16,17)13-7-6-11-9-15-8-4-5-10(2)12(15)14-11/h4-5,8-9,13H,3,6-7H2,1-2H3. The number of aryl methyl sites for hydroxylation is 1. The third-order valence-electron chi connectivity index (χ3n) is 2.81. The number of nitrogens with zero attached hydrogens (tertiary/aromatic N) is 2. The van der Waals surface area contributed by atoms with Gasteiger partial charge in [-0.3, -0.25) is 0 Å². The van der Waals surface area contributed by atoms with Gasteiger partial charge in [-0.05, 0) is 25.5 Å². The maximum Gasteiger partial charge on any atom is 0.211 e. The molecule has 0 aliphatic heterocycles. The Balaban J connectivity index is 2.07. The molecule has 0 bridgehead atoms. The predicted molar refractivity (Wildman–Crippen MR) is 71.1 cm³/mol. The number of rotatable bonds is 5. The Hall–Kier alpha value is -1.40. The molecule has 0 saturated carbocycles. The Morgan fingerprint density at radius 3 is 2.89 bits per heavy atom. The van der Waals surface area contributed by atoms with Crippen molar-refractivity contribution in [3.05, 3.63) is 35.8 Å². The van der Waals surface area contributed by atoms with E-state index in [9.17, 15) is 8.42 Å². The summed E-state index contributed by atoms with van der Waals surface area (Å²) >= 11 is 0. The molecular formula is C12H17N3O2S. The van der Waals surface area contributed by atoms with Gasteiger partial charge < -0.3 is 4.40 Å². The van der Waals surface area contributed by atoms with E-state index in [2.05, 4.69) is 9.71 Å². The first-order valence-electron chi connectivity index (χ1n) is 5.92. The second-order valence-electron chi connectivity index (χ2n) is 4.20. The van der Waals surface area contributed by atoms with Gasteiger partial charge in [-0.15, -0.1) is 0 Å². The first-order chi connectivity index (χ1) is 8.52. The third kappa shape index (κ3) is 2.88. The van der Waals surface area contributed by atoms with Crippen LogP contribution in [0.3, 0.4) is 0 Å². The van der Waals surface area contributed by atoms with E-state index in [0.29, 0.717) is 13.0 Å². The topological polar surface area (TPSA) is 63.5 Å². The zero-order valence-corrected chi connectivity index (χ0v) is 11.4. The molecule has 0 unspecified atom stereocenters. The molecule has 2 heterocycles. The van der Waals surface area contributed by atoms with Crippen LogP contribution in [0.25, 0.3) is 5.65 Å². The number of fused-ring (bicyclic) bond motifs is 1. The second kappa shape index (κ2) is 5.07. The highest BCUT2D eigenvalue weighted by Gasteiger charge is 2.07. The Labute approximate surface area is 107 Å². The lowest BCUT2D eigenvalue weighted by molar-refractivity contribution is 0.582. The van der Waals surface area contributed by atoms with Crippen LogP contribution >= 0.6 is 0 Å². The number of hydrogen-bond donors (Lipinski definition) is 1. The number of imidazole rings is 1. The van der Waals surface area contributed by atoms with Crippen molar-refractivity contribution in [2.45, 2.75) is 20.3 Å². The van der Waals surface area contributed by atoms with Crippen molar-refractivity contribution in [1.29, 1.82) is 0 Å². The van der Waals surface area contributed by atoms with Crippen LogP contribution in [-0.2, 0) is 16.4 Å². The van der Waals surface area contributed by atoms with Crippen molar-refractivity contribution >= 4 is 15.7 Å². The largest absolute Gasteiger partial charge is 0.307 e. The van der Waals surface area contributed by atoms with Crippen molar-refractivity contribution in [1.82, 2.24) is 14.1 Å². The van der Waals surface area contributed by atoms with Crippen LogP contribution in [0.2, 0.25) is 0 Å². The Morgan fingerprint density at radius 1 is 1.44 bits per heavy atom. The van der Waals surface area contributed by atoms with E-state index in [1.165, 1.54) is 0 Å². The van der Waals surface area contributed by atoms with Gasteiger partial charge in [0.15, 0.2) is 0 Å². The van der Waals surface area contributed by atoms with Gasteiger partial charge in [0.25, 0.3) is 0 Å². The van der Waals surface area contributed by atoms with Gasteiger partial charge in [-0.25, -0.2) is 18.1 Å². The molecule has 1 N–H and O–H groups in total. The molecule has 0 atom stereocenters. The van der Waals surface area contributed by atoms with Gasteiger partial charge in [0, 0.05) is 25.4 Å². The molecule has 18 heavy (non-hydrogen) atoms. The van der Waals surface area contributed by atoms with Crippen molar-refractivity contribution in [2.24, 2.45) is 0 Å². The summed E-state index contributed by atoms with van der Waals surface area (Å²) in [6.07, 6.45) is 4.47. The van der Waals surface area contributed by atoms with Crippen LogP contribution in [0.1, 0.15) is 18.2 Å². The van der Waals surface area contributed by atoms with E-state index in [1.807, 2.05) is 35.9 Å². The highest BCUT2D eigenvalue weighted by Crippen LogP contribution is 2.10. The quantitative estimate of drug-likeness (QED) is 0.883. The van der Waals surface area contributed by atoms with E-state index in [0.717, 1.165) is 16.9 Å². The summed E-state index contributed by atoms with van der Waals surface area (Å²) in [7, 11) is -3.11. The SMILES string of the molecule is CCS(=O)(=O)NCCc1cn2cccc(C)c2n1. The number of nitrogens with one attached hydrogen (secondary N) is 1. The molecule has 2 rings (SSSR count). The minimum atomic E-state index is -3.11. The average molecular weight is 267 g/mol. The predicted octanol–water partition coefficient (Wildman–Crippen LogP) is 1.12. The number of hydrogen-bond acceptors (Lipinski definition) is 3. The smallest absolute Gasteiger partial charge is 0.211 e. The normalized spacial score (nSPS) is 12.1. The highest BCUT2D eigenvalue weighted by atomic mass is 32.2. The first-order valence-corrected chi connectivity index (χ1v) is 7.57. The van der Waals surface area contributed by atoms with E-state index < -0.39 is 10.0 Å². The van der Waals surface area contributed by atoms with E-state index in [1.54, 1.807) is 6.92 Å². The van der Waals surface area contributed by atoms with Gasteiger partial charge in [-0.2, -0.15) is 0 Å². The summed E-state index contributed by atoms with van der Waals surface area (Å²) in [6, 6.07) is 3.97. The van der Waals surface area contributed by atoms with E-state index >= 15 is 0 Å². The number of pyridine rings is 1. The molecule has 6 heteroatoms. The van der Waals surface area contributed by atoms with Gasteiger partial charge in [0.05, 0.1) is 11.4 Å². The zero-order valence-electron chi connectivity index (χ0n) is 10.5. The van der Waals surface area contributed by atoms with E-state index in [-0.39, 0.29) is 5.75 Å². The van der Waals surface area contributed by atoms with Gasteiger partial charge >= 0.3 is 0 Å². The van der Waals surface area contributed by atoms with Crippen LogP contribution < -0.4 is 4.72 Å². The summed E-state index contributed by atoms with van der Waals surface area (Å²) < 4.78 is 27.1. The Morgan fingerprint density at radius 2 is 2.22 bits per heavy atom. The number of sulfonamides is 1. The lowest BCUT2D eigenvalue weighted by atomic mass is 10.3. The van der Waals surface area contributed by atoms with Crippen LogP contribution in [0.15, 0.2) is 24.5 Å². The summed E-state index contributed by atoms with van der Waals surface area (Å²) in [4.78, 5) is 4.49. The molecule has 98 valence electrons. The minimum Gasteiger partial charge on any atom is -0.307 e. The molecule has 0 saturated heterocycles. The van der Waals surface area contributed by atoms with Crippen molar-refractivity contribution < 1.29 is 8.42 Å². The van der Waals surface area contributed by atoms with Crippen LogP contribution in [0.5, 0.6) is 0 Å². The fraction of sp³-hybridized carbons (Fsp3) is 0.417. The molecule has 2 aromatic rings. The van der Waals surface area contributed by atoms with Crippen molar-refractivity contribution in [3.8, 4) is 0 Å². The molecule has 0 spiro atoms. The minimum absolute atomic E-state index is 0.108. The third-order valence-corrected chi connectivity index (χ3v) is 4.21. The molecule has 0 aliphatic carbocycles. The Kier molecular flexibility index (Phi) is 3.68. The second-order valence-corrected chi connectivity index (χ2v) is 6.30. The van der Waals surface area contributed by atoms with Gasteiger partial charge in [-0.1, -0.05) is 6.07 Å². The molecule has 2 aromatic heterocycles. The van der Waals surface area contributed by atoms with E-state index in [4.69, 9.17) is 0 Å². The first kappa shape index (κ1) is 13.0. The molecule has 0 aromatic carbocycles. The zero-order chi connectivity index (χ0) is 13.2. The van der Waals surface area contributed by atoms with Crippen LogP contribution in [-0.4, -0.2) is 30.1 Å². The fourth-order valence-corrected chi connectivity index (χ4v) is 2.38. The molecule has 0 fully saturated rings. The summed E-state index contributed by atoms with van der Waals surface area (Å²) in [6.45, 7) is 4.02. The average Bonchev–Trinajstić information content (AvgIpc) is 2.73. The highest BCUT2D eigenvalue weighted by molar-refractivity contribution is 7.89. The molecular weight excluding hydrogens is 250 g/mol. The summed E-state index contributed by atoms with van der Waals surface area (Å²) in [5, 5.41) is 0. The summed E-state index contributed by atoms with van der Waals surface area (Å²) in [5.41, 5.74) is 2.92. The number of aromatic nitrogens is 2. The molecule has 0 amide bonds. The van der Waals surface area contributed by atoms with Crippen molar-refractivity contribution in [3.63, 3.8) is 0 Å². The lowest BCUT2D eigenvalue weighted by Gasteiger charge is -2.01. The lowest BCUT2D eigenvalue weighted by Crippen LogP contribution is -2.27. The van der Waals surface area contributed by atoms with Crippen LogP contribution in [0, 0.1) is 6.92 Å². The summed E-state index contributed by atoms with van der Waals surface area (Å²) in [5.74, 6) is 0.108. The monoisotopic (exact) mass is 267 g/mol. The Bertz CT molecular complexity index is 646. The van der Waals surface area contributed by atoms with Gasteiger partial charge in [0.2, 0.25) is 10.0 Å². The van der Waals surface area contributed by atoms with Crippen molar-refractivity contribution in [2.75, 3.05) is 12.3 Å².